The van der Waals surface area contributed by atoms with Crippen LogP contribution in [0, 0.1) is 20.8 Å². The number of nitrogens with one attached hydrogen (secondary N) is 1. The van der Waals surface area contributed by atoms with E-state index in [1.807, 2.05) is 33.8 Å². The molecule has 2 rings (SSSR count). The number of aromatic nitrogens is 1. The molecule has 0 aromatic carbocycles. The molecule has 1 aliphatic heterocycles. The van der Waals surface area contributed by atoms with E-state index >= 15 is 0 Å². The molecule has 3 heteroatoms. The maximum absolute atomic E-state index is 11.6. The Hall–Kier alpha value is -1.64. The van der Waals surface area contributed by atoms with Gasteiger partial charge < -0.3 is 5.32 Å². The molecule has 1 aliphatic rings. The summed E-state index contributed by atoms with van der Waals surface area (Å²) in [5.41, 5.74) is 4.97. The number of nitrogens with zero attached hydrogens (tertiary/aromatic N) is 1. The Bertz CT molecular complexity index is 487. The molecule has 0 spiro atoms. The Morgan fingerprint density at radius 1 is 1.20 bits per heavy atom. The van der Waals surface area contributed by atoms with Gasteiger partial charge in [0.2, 0.25) is 0 Å². The molecule has 1 aromatic heterocycles. The zero-order chi connectivity index (χ0) is 11.2. The van der Waals surface area contributed by atoms with Crippen LogP contribution in [-0.4, -0.2) is 10.9 Å². The number of rotatable bonds is 0. The van der Waals surface area contributed by atoms with Crippen molar-refractivity contribution in [2.45, 2.75) is 27.7 Å². The van der Waals surface area contributed by atoms with Gasteiger partial charge in [-0.25, -0.2) is 4.98 Å². The molecule has 0 saturated heterocycles. The van der Waals surface area contributed by atoms with Crippen molar-refractivity contribution < 1.29 is 4.79 Å². The predicted octanol–water partition coefficient (Wildman–Crippen LogP) is 2.36. The molecule has 0 unspecified atom stereocenters. The molecule has 78 valence electrons. The first-order valence-electron chi connectivity index (χ1n) is 5.02. The number of fused-ring (bicyclic) bond motifs is 1. The summed E-state index contributed by atoms with van der Waals surface area (Å²) in [6.07, 6.45) is 1.84. The summed E-state index contributed by atoms with van der Waals surface area (Å²) in [6, 6.07) is 0. The zero-order valence-electron chi connectivity index (χ0n) is 9.43. The van der Waals surface area contributed by atoms with Crippen LogP contribution >= 0.6 is 0 Å². The molecule has 0 saturated carbocycles. The quantitative estimate of drug-likeness (QED) is 0.656. The second-order valence-electron chi connectivity index (χ2n) is 3.83. The molecule has 0 atom stereocenters. The van der Waals surface area contributed by atoms with Crippen molar-refractivity contribution in [3.63, 3.8) is 0 Å². The molecule has 2 heterocycles. The van der Waals surface area contributed by atoms with Crippen molar-refractivity contribution in [3.8, 4) is 0 Å². The second-order valence-corrected chi connectivity index (χ2v) is 3.83. The maximum Gasteiger partial charge on any atom is 0.257 e. The molecule has 0 aliphatic carbocycles. The number of hydrogen-bond donors (Lipinski definition) is 1. The van der Waals surface area contributed by atoms with Crippen LogP contribution in [0.25, 0.3) is 5.57 Å². The average molecular weight is 202 g/mol. The highest BCUT2D eigenvalue weighted by Crippen LogP contribution is 2.34. The summed E-state index contributed by atoms with van der Waals surface area (Å²) in [4.78, 5) is 16.0. The van der Waals surface area contributed by atoms with Gasteiger partial charge >= 0.3 is 0 Å². The summed E-state index contributed by atoms with van der Waals surface area (Å²) in [7, 11) is 0. The van der Waals surface area contributed by atoms with Gasteiger partial charge in [0, 0.05) is 16.8 Å². The first-order valence-corrected chi connectivity index (χ1v) is 5.02. The fourth-order valence-electron chi connectivity index (χ4n) is 1.93. The van der Waals surface area contributed by atoms with Crippen molar-refractivity contribution >= 4 is 17.3 Å². The Morgan fingerprint density at radius 3 is 2.47 bits per heavy atom. The van der Waals surface area contributed by atoms with E-state index in [0.29, 0.717) is 5.82 Å². The number of amides is 1. The summed E-state index contributed by atoms with van der Waals surface area (Å²) in [5.74, 6) is 0.654. The molecular formula is C12H14N2O. The van der Waals surface area contributed by atoms with Gasteiger partial charge in [0.15, 0.2) is 0 Å². The smallest absolute Gasteiger partial charge is 0.257 e. The van der Waals surface area contributed by atoms with Crippen molar-refractivity contribution in [1.82, 2.24) is 4.98 Å². The number of aryl methyl sites for hydroxylation is 1. The predicted molar refractivity (Wildman–Crippen MR) is 60.7 cm³/mol. The normalized spacial score (nSPS) is 16.8. The molecule has 15 heavy (non-hydrogen) atoms. The topological polar surface area (TPSA) is 42.0 Å². The lowest BCUT2D eigenvalue weighted by molar-refractivity contribution is -0.110. The minimum atomic E-state index is -0.0481. The van der Waals surface area contributed by atoms with E-state index in [1.54, 1.807) is 0 Å². The van der Waals surface area contributed by atoms with Crippen LogP contribution in [0.2, 0.25) is 0 Å². The lowest BCUT2D eigenvalue weighted by atomic mass is 9.99. The molecule has 0 bridgehead atoms. The lowest BCUT2D eigenvalue weighted by Gasteiger charge is -2.09. The fraction of sp³-hybridized carbons (Fsp3) is 0.333. The Labute approximate surface area is 89.2 Å². The van der Waals surface area contributed by atoms with Crippen LogP contribution in [0.5, 0.6) is 0 Å². The Morgan fingerprint density at radius 2 is 1.87 bits per heavy atom. The largest absolute Gasteiger partial charge is 0.306 e. The van der Waals surface area contributed by atoms with E-state index in [1.165, 1.54) is 0 Å². The molecule has 3 nitrogen and oxygen atoms in total. The van der Waals surface area contributed by atoms with Crippen molar-refractivity contribution in [1.29, 1.82) is 0 Å². The summed E-state index contributed by atoms with van der Waals surface area (Å²) >= 11 is 0. The van der Waals surface area contributed by atoms with Gasteiger partial charge in [-0.1, -0.05) is 6.08 Å². The number of allylic oxidation sites excluding steroid dienone is 1. The standard InChI is InChI=1S/C12H14N2O/c1-5-9-10-7(3)6(2)8(4)13-11(10)14-12(9)15/h5H,1-4H3,(H,13,14,15). The molecule has 0 fully saturated rings. The third-order valence-electron chi connectivity index (χ3n) is 3.03. The molecule has 1 N–H and O–H groups in total. The third kappa shape index (κ3) is 1.27. The molecule has 0 radical (unpaired) electrons. The van der Waals surface area contributed by atoms with Crippen LogP contribution < -0.4 is 5.32 Å². The first-order chi connectivity index (χ1) is 7.06. The van der Waals surface area contributed by atoms with E-state index in [9.17, 15) is 4.79 Å². The van der Waals surface area contributed by atoms with Gasteiger partial charge in [-0.3, -0.25) is 4.79 Å². The summed E-state index contributed by atoms with van der Waals surface area (Å²) in [6.45, 7) is 7.90. The number of carbonyl (C=O) groups is 1. The number of hydrogen-bond acceptors (Lipinski definition) is 2. The van der Waals surface area contributed by atoms with Crippen LogP contribution in [0.4, 0.5) is 5.82 Å². The minimum absolute atomic E-state index is 0.0481. The van der Waals surface area contributed by atoms with Crippen LogP contribution in [0.1, 0.15) is 29.3 Å². The zero-order valence-corrected chi connectivity index (χ0v) is 9.43. The molecule has 1 aromatic rings. The highest BCUT2D eigenvalue weighted by Gasteiger charge is 2.27. The van der Waals surface area contributed by atoms with Gasteiger partial charge in [0.05, 0.1) is 0 Å². The van der Waals surface area contributed by atoms with Gasteiger partial charge in [-0.05, 0) is 38.8 Å². The summed E-state index contributed by atoms with van der Waals surface area (Å²) in [5, 5.41) is 2.79. The SMILES string of the molecule is CC=C1C(=O)Nc2nc(C)c(C)c(C)c21. The number of carbonyl (C=O) groups excluding carboxylic acids is 1. The summed E-state index contributed by atoms with van der Waals surface area (Å²) < 4.78 is 0. The molecular weight excluding hydrogens is 188 g/mol. The van der Waals surface area contributed by atoms with E-state index in [2.05, 4.69) is 10.3 Å². The maximum atomic E-state index is 11.6. The van der Waals surface area contributed by atoms with Crippen molar-refractivity contribution in [3.05, 3.63) is 28.5 Å². The number of pyridine rings is 1. The van der Waals surface area contributed by atoms with E-state index in [4.69, 9.17) is 0 Å². The second kappa shape index (κ2) is 3.19. The fourth-order valence-corrected chi connectivity index (χ4v) is 1.93. The highest BCUT2D eigenvalue weighted by atomic mass is 16.2. The lowest BCUT2D eigenvalue weighted by Crippen LogP contribution is -2.04. The Kier molecular flexibility index (Phi) is 2.11. The van der Waals surface area contributed by atoms with Gasteiger partial charge in [-0.2, -0.15) is 0 Å². The minimum Gasteiger partial charge on any atom is -0.306 e. The van der Waals surface area contributed by atoms with Crippen molar-refractivity contribution in [2.24, 2.45) is 0 Å². The van der Waals surface area contributed by atoms with Gasteiger partial charge in [0.25, 0.3) is 5.91 Å². The number of anilines is 1. The van der Waals surface area contributed by atoms with Crippen LogP contribution in [-0.2, 0) is 4.79 Å². The van der Waals surface area contributed by atoms with E-state index < -0.39 is 0 Å². The van der Waals surface area contributed by atoms with E-state index in [0.717, 1.165) is 28.0 Å². The third-order valence-corrected chi connectivity index (χ3v) is 3.03. The highest BCUT2D eigenvalue weighted by molar-refractivity contribution is 6.31. The van der Waals surface area contributed by atoms with Crippen LogP contribution in [0.3, 0.4) is 0 Å². The van der Waals surface area contributed by atoms with Gasteiger partial charge in [-0.15, -0.1) is 0 Å². The van der Waals surface area contributed by atoms with E-state index in [-0.39, 0.29) is 5.91 Å². The van der Waals surface area contributed by atoms with Crippen LogP contribution in [0.15, 0.2) is 6.08 Å². The average Bonchev–Trinajstić information content (AvgIpc) is 2.50. The van der Waals surface area contributed by atoms with Gasteiger partial charge in [0.1, 0.15) is 5.82 Å². The molecule has 1 amide bonds. The van der Waals surface area contributed by atoms with Crippen molar-refractivity contribution in [2.75, 3.05) is 5.32 Å². The Balaban J connectivity index is 2.77. The monoisotopic (exact) mass is 202 g/mol. The first kappa shape index (κ1) is 9.90.